The van der Waals surface area contributed by atoms with Crippen molar-refractivity contribution in [3.8, 4) is 0 Å². The van der Waals surface area contributed by atoms with Crippen LogP contribution in [-0.2, 0) is 44.7 Å². The van der Waals surface area contributed by atoms with Crippen molar-refractivity contribution in [1.82, 2.24) is 9.97 Å². The van der Waals surface area contributed by atoms with Crippen LogP contribution < -0.4 is 0 Å². The Bertz CT molecular complexity index is 410. The average molecular weight is 318 g/mol. The van der Waals surface area contributed by atoms with Gasteiger partial charge in [0.05, 0.1) is 21.6 Å². The SMILES string of the molecule is O=C([S-])c1ccc[nH]1.O=C([S-])c1ccc[nH]1.[Zn+2]. The molecule has 0 spiro atoms. The Morgan fingerprint density at radius 2 is 1.24 bits per heavy atom. The fourth-order valence-corrected chi connectivity index (χ4v) is 1.17. The summed E-state index contributed by atoms with van der Waals surface area (Å²) in [7, 11) is 0. The molecule has 2 heterocycles. The van der Waals surface area contributed by atoms with E-state index >= 15 is 0 Å². The summed E-state index contributed by atoms with van der Waals surface area (Å²) in [5, 5.41) is -0.676. The van der Waals surface area contributed by atoms with Crippen molar-refractivity contribution in [2.24, 2.45) is 0 Å². The van der Waals surface area contributed by atoms with Crippen LogP contribution in [0.15, 0.2) is 36.7 Å². The fraction of sp³-hybridized carbons (Fsp3) is 0. The molecule has 17 heavy (non-hydrogen) atoms. The molecule has 2 aromatic heterocycles. The van der Waals surface area contributed by atoms with Gasteiger partial charge in [0.2, 0.25) is 0 Å². The minimum atomic E-state index is -0.338. The predicted octanol–water partition coefficient (Wildman–Crippen LogP) is 1.40. The van der Waals surface area contributed by atoms with Gasteiger partial charge in [-0.15, -0.1) is 0 Å². The first-order valence-electron chi connectivity index (χ1n) is 4.30. The number of rotatable bonds is 2. The van der Waals surface area contributed by atoms with E-state index in [-0.39, 0.29) is 29.7 Å². The Balaban J connectivity index is 0.000000284. The maximum Gasteiger partial charge on any atom is 2.00 e. The summed E-state index contributed by atoms with van der Waals surface area (Å²) >= 11 is 8.66. The summed E-state index contributed by atoms with van der Waals surface area (Å²) < 4.78 is 0. The zero-order valence-corrected chi connectivity index (χ0v) is 13.4. The van der Waals surface area contributed by atoms with E-state index in [0.29, 0.717) is 11.4 Å². The normalized spacial score (nSPS) is 8.47. The molecule has 2 rings (SSSR count). The number of nitrogens with one attached hydrogen (secondary N) is 2. The number of aromatic nitrogens is 2. The van der Waals surface area contributed by atoms with E-state index in [9.17, 15) is 9.59 Å². The molecule has 0 aliphatic rings. The van der Waals surface area contributed by atoms with Gasteiger partial charge < -0.3 is 44.8 Å². The van der Waals surface area contributed by atoms with Crippen LogP contribution in [-0.4, -0.2) is 20.2 Å². The number of carbonyl (C=O) groups excluding carboxylic acids is 2. The fourth-order valence-electron chi connectivity index (χ4n) is 0.915. The van der Waals surface area contributed by atoms with Crippen molar-refractivity contribution in [3.05, 3.63) is 48.0 Å². The van der Waals surface area contributed by atoms with Gasteiger partial charge in [0.15, 0.2) is 0 Å². The maximum atomic E-state index is 10.3. The van der Waals surface area contributed by atoms with E-state index in [0.717, 1.165) is 0 Å². The van der Waals surface area contributed by atoms with E-state index in [1.165, 1.54) is 0 Å². The second-order valence-corrected chi connectivity index (χ2v) is 3.48. The minimum absolute atomic E-state index is 0. The molecule has 0 unspecified atom stereocenters. The minimum Gasteiger partial charge on any atom is -0.735 e. The van der Waals surface area contributed by atoms with Crippen LogP contribution in [0.4, 0.5) is 0 Å². The van der Waals surface area contributed by atoms with Gasteiger partial charge in [0, 0.05) is 12.4 Å². The summed E-state index contributed by atoms with van der Waals surface area (Å²) in [5.74, 6) is 0. The molecule has 0 saturated heterocycles. The molecular formula is C10H8N2O2S2Zn. The van der Waals surface area contributed by atoms with Crippen LogP contribution in [0, 0.1) is 0 Å². The molecule has 7 heteroatoms. The Hall–Kier alpha value is -1.04. The Labute approximate surface area is 122 Å². The topological polar surface area (TPSA) is 65.7 Å². The van der Waals surface area contributed by atoms with E-state index in [2.05, 4.69) is 35.2 Å². The summed E-state index contributed by atoms with van der Waals surface area (Å²) in [6.07, 6.45) is 3.33. The van der Waals surface area contributed by atoms with E-state index in [1.54, 1.807) is 36.7 Å². The molecule has 0 aliphatic carbocycles. The Morgan fingerprint density at radius 1 is 0.882 bits per heavy atom. The summed E-state index contributed by atoms with van der Waals surface area (Å²) in [5.41, 5.74) is 0.972. The third kappa shape index (κ3) is 5.72. The zero-order chi connectivity index (χ0) is 12.0. The van der Waals surface area contributed by atoms with Crippen LogP contribution >= 0.6 is 0 Å². The third-order valence-corrected chi connectivity index (χ3v) is 2.08. The number of aromatic amines is 2. The van der Waals surface area contributed by atoms with Crippen LogP contribution in [0.25, 0.3) is 0 Å². The summed E-state index contributed by atoms with van der Waals surface area (Å²) in [4.78, 5) is 25.9. The van der Waals surface area contributed by atoms with E-state index in [1.807, 2.05) is 0 Å². The number of carbonyl (C=O) groups is 2. The van der Waals surface area contributed by atoms with Gasteiger partial charge in [-0.3, -0.25) is 0 Å². The van der Waals surface area contributed by atoms with Crippen LogP contribution in [0.5, 0.6) is 0 Å². The molecule has 0 aliphatic heterocycles. The first-order chi connectivity index (χ1) is 7.61. The summed E-state index contributed by atoms with van der Waals surface area (Å²) in [6, 6.07) is 6.77. The van der Waals surface area contributed by atoms with Gasteiger partial charge >= 0.3 is 19.5 Å². The van der Waals surface area contributed by atoms with Gasteiger partial charge in [-0.2, -0.15) is 0 Å². The van der Waals surface area contributed by atoms with Crippen LogP contribution in [0.3, 0.4) is 0 Å². The second kappa shape index (κ2) is 8.11. The van der Waals surface area contributed by atoms with Crippen molar-refractivity contribution >= 4 is 35.5 Å². The number of hydrogen-bond donors (Lipinski definition) is 2. The quantitative estimate of drug-likeness (QED) is 0.649. The van der Waals surface area contributed by atoms with Gasteiger partial charge in [0.1, 0.15) is 0 Å². The van der Waals surface area contributed by atoms with Crippen LogP contribution in [0.2, 0.25) is 0 Å². The number of H-pyrrole nitrogens is 2. The average Bonchev–Trinajstić information content (AvgIpc) is 2.93. The molecule has 0 bridgehead atoms. The van der Waals surface area contributed by atoms with E-state index < -0.39 is 0 Å². The molecule has 0 aromatic carbocycles. The van der Waals surface area contributed by atoms with Crippen molar-refractivity contribution in [3.63, 3.8) is 0 Å². The first-order valence-corrected chi connectivity index (χ1v) is 5.12. The first kappa shape index (κ1) is 16.0. The summed E-state index contributed by atoms with van der Waals surface area (Å²) in [6.45, 7) is 0. The van der Waals surface area contributed by atoms with Gasteiger partial charge in [-0.05, 0) is 24.3 Å². The molecule has 0 saturated carbocycles. The number of hydrogen-bond acceptors (Lipinski definition) is 4. The molecule has 0 fully saturated rings. The third-order valence-electron chi connectivity index (χ3n) is 1.64. The predicted molar refractivity (Wildman–Crippen MR) is 65.0 cm³/mol. The van der Waals surface area contributed by atoms with Crippen molar-refractivity contribution in [2.45, 2.75) is 0 Å². The van der Waals surface area contributed by atoms with Gasteiger partial charge in [-0.25, -0.2) is 0 Å². The zero-order valence-electron chi connectivity index (χ0n) is 8.80. The molecule has 4 nitrogen and oxygen atoms in total. The second-order valence-electron chi connectivity index (χ2n) is 2.74. The molecule has 2 N–H and O–H groups in total. The molecule has 2 aromatic rings. The van der Waals surface area contributed by atoms with Gasteiger partial charge in [0.25, 0.3) is 0 Å². The molecule has 0 amide bonds. The molecule has 0 radical (unpaired) electrons. The molecule has 0 atom stereocenters. The van der Waals surface area contributed by atoms with E-state index in [4.69, 9.17) is 0 Å². The Morgan fingerprint density at radius 3 is 1.35 bits per heavy atom. The van der Waals surface area contributed by atoms with Crippen LogP contribution in [0.1, 0.15) is 21.0 Å². The monoisotopic (exact) mass is 316 g/mol. The molecule has 84 valence electrons. The maximum absolute atomic E-state index is 10.3. The van der Waals surface area contributed by atoms with Crippen molar-refractivity contribution < 1.29 is 29.1 Å². The molecular weight excluding hydrogens is 310 g/mol. The smallest absolute Gasteiger partial charge is 0.735 e. The van der Waals surface area contributed by atoms with Crippen molar-refractivity contribution in [2.75, 3.05) is 0 Å². The van der Waals surface area contributed by atoms with Gasteiger partial charge in [-0.1, -0.05) is 0 Å². The largest absolute Gasteiger partial charge is 2.00 e. The van der Waals surface area contributed by atoms with Crippen molar-refractivity contribution in [1.29, 1.82) is 0 Å². The Kier molecular flexibility index (Phi) is 7.62. The standard InChI is InChI=1S/2C5H5NOS.Zn/c2*7-5(8)4-2-1-3-6-4;/h2*1-3,6H,(H,7,8);/q;;+2/p-2.